The SMILES string of the molecule is Cc1c(C(=O)Nc2ccc(N3CCC(C)CC3)cc2)nnn1-c1cccc([N+](=O)[O-])c1. The Balaban J connectivity index is 1.47. The van der Waals surface area contributed by atoms with Crippen LogP contribution in [0.1, 0.15) is 35.9 Å². The fourth-order valence-electron chi connectivity index (χ4n) is 3.74. The lowest BCUT2D eigenvalue weighted by Gasteiger charge is -2.32. The number of non-ortho nitro benzene ring substituents is 1. The molecule has 9 heteroatoms. The van der Waals surface area contributed by atoms with Gasteiger partial charge in [0.25, 0.3) is 11.6 Å². The average molecular weight is 420 g/mol. The molecule has 0 unspecified atom stereocenters. The van der Waals surface area contributed by atoms with Gasteiger partial charge in [-0.2, -0.15) is 0 Å². The van der Waals surface area contributed by atoms with Gasteiger partial charge < -0.3 is 10.2 Å². The average Bonchev–Trinajstić information content (AvgIpc) is 3.16. The first kappa shape index (κ1) is 20.5. The number of benzene rings is 2. The predicted molar refractivity (Wildman–Crippen MR) is 118 cm³/mol. The summed E-state index contributed by atoms with van der Waals surface area (Å²) in [7, 11) is 0. The van der Waals surface area contributed by atoms with Gasteiger partial charge in [0.05, 0.1) is 16.3 Å². The lowest BCUT2D eigenvalue weighted by Crippen LogP contribution is -2.32. The van der Waals surface area contributed by atoms with Gasteiger partial charge in [0, 0.05) is 36.6 Å². The number of aromatic nitrogens is 3. The molecule has 9 nitrogen and oxygen atoms in total. The van der Waals surface area contributed by atoms with Gasteiger partial charge in [-0.05, 0) is 56.0 Å². The molecule has 0 bridgehead atoms. The number of anilines is 2. The van der Waals surface area contributed by atoms with Gasteiger partial charge in [-0.3, -0.25) is 14.9 Å². The Morgan fingerprint density at radius 1 is 1.13 bits per heavy atom. The highest BCUT2D eigenvalue weighted by atomic mass is 16.6. The Morgan fingerprint density at radius 2 is 1.84 bits per heavy atom. The van der Waals surface area contributed by atoms with Gasteiger partial charge in [0.2, 0.25) is 0 Å². The van der Waals surface area contributed by atoms with Crippen molar-refractivity contribution >= 4 is 23.0 Å². The van der Waals surface area contributed by atoms with Crippen LogP contribution in [0.15, 0.2) is 48.5 Å². The molecule has 1 aromatic heterocycles. The third-order valence-electron chi connectivity index (χ3n) is 5.67. The van der Waals surface area contributed by atoms with E-state index in [-0.39, 0.29) is 17.3 Å². The summed E-state index contributed by atoms with van der Waals surface area (Å²) >= 11 is 0. The molecule has 1 aliphatic heterocycles. The maximum Gasteiger partial charge on any atom is 0.278 e. The number of rotatable bonds is 5. The van der Waals surface area contributed by atoms with Crippen molar-refractivity contribution in [3.63, 3.8) is 0 Å². The molecule has 1 aliphatic rings. The Bertz CT molecular complexity index is 1100. The number of hydrogen-bond donors (Lipinski definition) is 1. The van der Waals surface area contributed by atoms with Crippen molar-refractivity contribution in [2.45, 2.75) is 26.7 Å². The molecular weight excluding hydrogens is 396 g/mol. The van der Waals surface area contributed by atoms with Crippen LogP contribution in [-0.2, 0) is 0 Å². The summed E-state index contributed by atoms with van der Waals surface area (Å²) in [6.07, 6.45) is 2.38. The fraction of sp³-hybridized carbons (Fsp3) is 0.318. The summed E-state index contributed by atoms with van der Waals surface area (Å²) in [5.74, 6) is 0.391. The van der Waals surface area contributed by atoms with Crippen LogP contribution in [0, 0.1) is 23.0 Å². The van der Waals surface area contributed by atoms with Crippen LogP contribution < -0.4 is 10.2 Å². The van der Waals surface area contributed by atoms with E-state index in [9.17, 15) is 14.9 Å². The number of hydrogen-bond acceptors (Lipinski definition) is 6. The van der Waals surface area contributed by atoms with E-state index in [0.717, 1.165) is 24.7 Å². The molecule has 1 fully saturated rings. The van der Waals surface area contributed by atoms with Gasteiger partial charge >= 0.3 is 0 Å². The summed E-state index contributed by atoms with van der Waals surface area (Å²) in [5, 5.41) is 21.9. The topological polar surface area (TPSA) is 106 Å². The number of nitrogens with one attached hydrogen (secondary N) is 1. The van der Waals surface area contributed by atoms with E-state index in [1.54, 1.807) is 19.1 Å². The minimum absolute atomic E-state index is 0.0540. The number of piperidine rings is 1. The zero-order valence-electron chi connectivity index (χ0n) is 17.5. The van der Waals surface area contributed by atoms with Gasteiger partial charge in [-0.1, -0.05) is 18.2 Å². The molecule has 160 valence electrons. The maximum atomic E-state index is 12.7. The van der Waals surface area contributed by atoms with Crippen LogP contribution in [0.2, 0.25) is 0 Å². The molecule has 1 N–H and O–H groups in total. The molecule has 2 aromatic carbocycles. The second-order valence-electron chi connectivity index (χ2n) is 7.88. The molecule has 0 spiro atoms. The van der Waals surface area contributed by atoms with Crippen LogP contribution in [0.25, 0.3) is 5.69 Å². The monoisotopic (exact) mass is 420 g/mol. The largest absolute Gasteiger partial charge is 0.372 e. The lowest BCUT2D eigenvalue weighted by molar-refractivity contribution is -0.384. The van der Waals surface area contributed by atoms with Crippen molar-refractivity contribution in [1.29, 1.82) is 0 Å². The highest BCUT2D eigenvalue weighted by molar-refractivity contribution is 6.03. The zero-order chi connectivity index (χ0) is 22.0. The van der Waals surface area contributed by atoms with Crippen molar-refractivity contribution in [1.82, 2.24) is 15.0 Å². The first-order valence-corrected chi connectivity index (χ1v) is 10.3. The van der Waals surface area contributed by atoms with Crippen LogP contribution in [-0.4, -0.2) is 38.9 Å². The van der Waals surface area contributed by atoms with Gasteiger partial charge in [0.1, 0.15) is 0 Å². The molecule has 1 saturated heterocycles. The molecule has 2 heterocycles. The zero-order valence-corrected chi connectivity index (χ0v) is 17.5. The number of nitro benzene ring substituents is 1. The lowest BCUT2D eigenvalue weighted by atomic mass is 9.99. The molecule has 4 rings (SSSR count). The van der Waals surface area contributed by atoms with Crippen molar-refractivity contribution in [3.8, 4) is 5.69 Å². The molecule has 1 amide bonds. The Labute approximate surface area is 179 Å². The summed E-state index contributed by atoms with van der Waals surface area (Å²) in [4.78, 5) is 25.6. The van der Waals surface area contributed by atoms with Crippen LogP contribution in [0.3, 0.4) is 0 Å². The Morgan fingerprint density at radius 3 is 2.52 bits per heavy atom. The molecule has 0 radical (unpaired) electrons. The molecule has 0 saturated carbocycles. The first-order valence-electron chi connectivity index (χ1n) is 10.3. The minimum atomic E-state index is -0.475. The number of nitrogens with zero attached hydrogens (tertiary/aromatic N) is 5. The smallest absolute Gasteiger partial charge is 0.278 e. The van der Waals surface area contributed by atoms with E-state index in [1.807, 2.05) is 24.3 Å². The fourth-order valence-corrected chi connectivity index (χ4v) is 3.74. The van der Waals surface area contributed by atoms with Crippen LogP contribution in [0.5, 0.6) is 0 Å². The van der Waals surface area contributed by atoms with E-state index in [1.165, 1.54) is 29.7 Å². The van der Waals surface area contributed by atoms with E-state index in [2.05, 4.69) is 27.5 Å². The summed E-state index contributed by atoms with van der Waals surface area (Å²) in [6.45, 7) is 6.08. The van der Waals surface area contributed by atoms with E-state index in [4.69, 9.17) is 0 Å². The van der Waals surface area contributed by atoms with E-state index < -0.39 is 4.92 Å². The molecule has 3 aromatic rings. The van der Waals surface area contributed by atoms with Crippen molar-refractivity contribution < 1.29 is 9.72 Å². The summed E-state index contributed by atoms with van der Waals surface area (Å²) in [6, 6.07) is 13.8. The third kappa shape index (κ3) is 4.40. The van der Waals surface area contributed by atoms with E-state index >= 15 is 0 Å². The highest BCUT2D eigenvalue weighted by Gasteiger charge is 2.19. The summed E-state index contributed by atoms with van der Waals surface area (Å²) < 4.78 is 1.42. The Kier molecular flexibility index (Phi) is 5.66. The van der Waals surface area contributed by atoms with Crippen molar-refractivity contribution in [2.24, 2.45) is 5.92 Å². The van der Waals surface area contributed by atoms with Crippen LogP contribution >= 0.6 is 0 Å². The van der Waals surface area contributed by atoms with Crippen molar-refractivity contribution in [3.05, 3.63) is 70.0 Å². The second kappa shape index (κ2) is 8.55. The number of amides is 1. The number of nitro groups is 1. The quantitative estimate of drug-likeness (QED) is 0.494. The van der Waals surface area contributed by atoms with Gasteiger partial charge in [0.15, 0.2) is 5.69 Å². The Hall–Kier alpha value is -3.75. The number of carbonyl (C=O) groups excluding carboxylic acids is 1. The predicted octanol–water partition coefficient (Wildman–Crippen LogP) is 3.97. The minimum Gasteiger partial charge on any atom is -0.372 e. The van der Waals surface area contributed by atoms with Crippen LogP contribution in [0.4, 0.5) is 17.1 Å². The van der Waals surface area contributed by atoms with E-state index in [0.29, 0.717) is 17.1 Å². The number of carbonyl (C=O) groups is 1. The normalized spacial score (nSPS) is 14.5. The standard InChI is InChI=1S/C22H24N6O3/c1-15-10-12-26(13-11-15)18-8-6-17(7-9-18)23-22(29)21-16(2)27(25-24-21)19-4-3-5-20(14-19)28(30)31/h3-9,14-15H,10-13H2,1-2H3,(H,23,29). The molecular formula is C22H24N6O3. The van der Waals surface area contributed by atoms with Crippen molar-refractivity contribution in [2.75, 3.05) is 23.3 Å². The third-order valence-corrected chi connectivity index (χ3v) is 5.67. The second-order valence-corrected chi connectivity index (χ2v) is 7.88. The first-order chi connectivity index (χ1) is 14.9. The highest BCUT2D eigenvalue weighted by Crippen LogP contribution is 2.25. The molecule has 31 heavy (non-hydrogen) atoms. The molecule has 0 atom stereocenters. The maximum absolute atomic E-state index is 12.7. The van der Waals surface area contributed by atoms with Gasteiger partial charge in [-0.15, -0.1) is 5.10 Å². The summed E-state index contributed by atoms with van der Waals surface area (Å²) in [5.41, 5.74) is 2.90. The van der Waals surface area contributed by atoms with Gasteiger partial charge in [-0.25, -0.2) is 4.68 Å². The molecule has 0 aliphatic carbocycles.